The Labute approximate surface area is 141 Å². The zero-order valence-corrected chi connectivity index (χ0v) is 14.6. The van der Waals surface area contributed by atoms with Crippen LogP contribution in [0.1, 0.15) is 19.4 Å². The summed E-state index contributed by atoms with van der Waals surface area (Å²) in [7, 11) is 0. The molecule has 0 unspecified atom stereocenters. The Bertz CT molecular complexity index is 480. The van der Waals surface area contributed by atoms with Crippen LogP contribution in [0.25, 0.3) is 0 Å². The molecule has 7 heteroatoms. The molecule has 0 saturated heterocycles. The number of hydrogen-bond donors (Lipinski definition) is 3. The van der Waals surface area contributed by atoms with Crippen molar-refractivity contribution in [1.29, 1.82) is 0 Å². The van der Waals surface area contributed by atoms with Gasteiger partial charge in [0.05, 0.1) is 13.0 Å². The molecular weight excluding hydrogens is 386 g/mol. The maximum atomic E-state index is 12.9. The molecule has 1 rings (SSSR count). The molecule has 0 atom stereocenters. The third-order valence-electron chi connectivity index (χ3n) is 2.41. The SMILES string of the molecule is CC(C)NC(N)=NCCNC(=O)Cc1cccc(F)c1.I. The van der Waals surface area contributed by atoms with Gasteiger partial charge in [0, 0.05) is 12.6 Å². The van der Waals surface area contributed by atoms with Crippen molar-refractivity contribution in [3.8, 4) is 0 Å². The second kappa shape index (κ2) is 10.4. The van der Waals surface area contributed by atoms with Crippen molar-refractivity contribution in [2.75, 3.05) is 13.1 Å². The van der Waals surface area contributed by atoms with E-state index in [1.165, 1.54) is 12.1 Å². The first-order valence-electron chi connectivity index (χ1n) is 6.55. The molecule has 0 bridgehead atoms. The maximum Gasteiger partial charge on any atom is 0.224 e. The van der Waals surface area contributed by atoms with Crippen LogP contribution in [0.5, 0.6) is 0 Å². The minimum absolute atomic E-state index is 0. The molecular formula is C14H22FIN4O. The number of hydrogen-bond acceptors (Lipinski definition) is 2. The Morgan fingerprint density at radius 2 is 2.14 bits per heavy atom. The number of benzene rings is 1. The van der Waals surface area contributed by atoms with Crippen LogP contribution in [0.15, 0.2) is 29.3 Å². The monoisotopic (exact) mass is 408 g/mol. The van der Waals surface area contributed by atoms with Crippen LogP contribution in [0.3, 0.4) is 0 Å². The number of amides is 1. The number of carbonyl (C=O) groups excluding carboxylic acids is 1. The zero-order valence-electron chi connectivity index (χ0n) is 12.2. The van der Waals surface area contributed by atoms with Crippen molar-refractivity contribution >= 4 is 35.8 Å². The highest BCUT2D eigenvalue weighted by atomic mass is 127. The lowest BCUT2D eigenvalue weighted by Crippen LogP contribution is -2.37. The lowest BCUT2D eigenvalue weighted by molar-refractivity contribution is -0.120. The molecule has 5 nitrogen and oxygen atoms in total. The summed E-state index contributed by atoms with van der Waals surface area (Å²) >= 11 is 0. The summed E-state index contributed by atoms with van der Waals surface area (Å²) in [5.74, 6) is -0.145. The fourth-order valence-corrected chi connectivity index (χ4v) is 1.61. The minimum Gasteiger partial charge on any atom is -0.370 e. The Balaban J connectivity index is 0.00000400. The van der Waals surface area contributed by atoms with E-state index >= 15 is 0 Å². The largest absolute Gasteiger partial charge is 0.370 e. The topological polar surface area (TPSA) is 79.5 Å². The fraction of sp³-hybridized carbons (Fsp3) is 0.429. The highest BCUT2D eigenvalue weighted by Gasteiger charge is 2.03. The number of halogens is 2. The number of carbonyl (C=O) groups is 1. The molecule has 0 aliphatic heterocycles. The average molecular weight is 408 g/mol. The van der Waals surface area contributed by atoms with Gasteiger partial charge in [-0.2, -0.15) is 0 Å². The first kappa shape index (κ1) is 19.6. The average Bonchev–Trinajstić information content (AvgIpc) is 2.34. The van der Waals surface area contributed by atoms with Crippen molar-refractivity contribution in [2.24, 2.45) is 10.7 Å². The van der Waals surface area contributed by atoms with Crippen LogP contribution >= 0.6 is 24.0 Å². The second-order valence-electron chi connectivity index (χ2n) is 4.72. The molecule has 1 amide bonds. The molecule has 0 spiro atoms. The van der Waals surface area contributed by atoms with Crippen LogP contribution in [0.2, 0.25) is 0 Å². The molecule has 0 heterocycles. The molecule has 1 aromatic rings. The summed E-state index contributed by atoms with van der Waals surface area (Å²) in [6, 6.07) is 6.22. The summed E-state index contributed by atoms with van der Waals surface area (Å²) < 4.78 is 12.9. The van der Waals surface area contributed by atoms with Gasteiger partial charge < -0.3 is 16.4 Å². The Morgan fingerprint density at radius 3 is 2.76 bits per heavy atom. The van der Waals surface area contributed by atoms with E-state index < -0.39 is 0 Å². The van der Waals surface area contributed by atoms with Gasteiger partial charge in [-0.3, -0.25) is 9.79 Å². The summed E-state index contributed by atoms with van der Waals surface area (Å²) in [6.07, 6.45) is 0.154. The van der Waals surface area contributed by atoms with E-state index in [-0.39, 0.29) is 48.2 Å². The number of nitrogens with two attached hydrogens (primary N) is 1. The van der Waals surface area contributed by atoms with Crippen molar-refractivity contribution in [1.82, 2.24) is 10.6 Å². The summed E-state index contributed by atoms with van der Waals surface area (Å²) in [5, 5.41) is 5.66. The Morgan fingerprint density at radius 1 is 1.43 bits per heavy atom. The number of guanidine groups is 1. The van der Waals surface area contributed by atoms with Crippen molar-refractivity contribution in [2.45, 2.75) is 26.3 Å². The van der Waals surface area contributed by atoms with E-state index in [1.807, 2.05) is 13.8 Å². The van der Waals surface area contributed by atoms with E-state index in [0.717, 1.165) is 0 Å². The van der Waals surface area contributed by atoms with Gasteiger partial charge in [-0.05, 0) is 31.5 Å². The van der Waals surface area contributed by atoms with Crippen LogP contribution in [0, 0.1) is 5.82 Å². The smallest absolute Gasteiger partial charge is 0.224 e. The molecule has 0 aliphatic carbocycles. The first-order valence-corrected chi connectivity index (χ1v) is 6.55. The van der Waals surface area contributed by atoms with Crippen LogP contribution in [-0.2, 0) is 11.2 Å². The van der Waals surface area contributed by atoms with Gasteiger partial charge in [-0.1, -0.05) is 12.1 Å². The standard InChI is InChI=1S/C14H21FN4O.HI/c1-10(2)19-14(16)18-7-6-17-13(20)9-11-4-3-5-12(15)8-11;/h3-5,8,10H,6-7,9H2,1-2H3,(H,17,20)(H3,16,18,19);1H. The quantitative estimate of drug-likeness (QED) is 0.288. The molecule has 21 heavy (non-hydrogen) atoms. The van der Waals surface area contributed by atoms with Crippen molar-refractivity contribution in [3.05, 3.63) is 35.6 Å². The van der Waals surface area contributed by atoms with Gasteiger partial charge in [-0.25, -0.2) is 4.39 Å². The van der Waals surface area contributed by atoms with Gasteiger partial charge in [-0.15, -0.1) is 24.0 Å². The molecule has 118 valence electrons. The molecule has 0 saturated carbocycles. The second-order valence-corrected chi connectivity index (χ2v) is 4.72. The van der Waals surface area contributed by atoms with Crippen LogP contribution in [-0.4, -0.2) is 31.0 Å². The van der Waals surface area contributed by atoms with E-state index in [2.05, 4.69) is 15.6 Å². The normalized spacial score (nSPS) is 11.0. The number of rotatable bonds is 6. The molecule has 4 N–H and O–H groups in total. The predicted octanol–water partition coefficient (Wildman–Crippen LogP) is 1.42. The third-order valence-corrected chi connectivity index (χ3v) is 2.41. The summed E-state index contributed by atoms with van der Waals surface area (Å²) in [4.78, 5) is 15.7. The molecule has 0 radical (unpaired) electrons. The molecule has 1 aromatic carbocycles. The van der Waals surface area contributed by atoms with Crippen molar-refractivity contribution in [3.63, 3.8) is 0 Å². The van der Waals surface area contributed by atoms with E-state index in [1.54, 1.807) is 12.1 Å². The van der Waals surface area contributed by atoms with Crippen molar-refractivity contribution < 1.29 is 9.18 Å². The van der Waals surface area contributed by atoms with Gasteiger partial charge in [0.1, 0.15) is 5.82 Å². The number of aliphatic imine (C=N–C) groups is 1. The number of nitrogens with one attached hydrogen (secondary N) is 2. The lowest BCUT2D eigenvalue weighted by atomic mass is 10.1. The van der Waals surface area contributed by atoms with Gasteiger partial charge in [0.15, 0.2) is 5.96 Å². The minimum atomic E-state index is -0.340. The lowest BCUT2D eigenvalue weighted by Gasteiger charge is -2.08. The Kier molecular flexibility index (Phi) is 9.68. The van der Waals surface area contributed by atoms with Crippen LogP contribution < -0.4 is 16.4 Å². The summed E-state index contributed by atoms with van der Waals surface area (Å²) in [5.41, 5.74) is 6.26. The predicted molar refractivity (Wildman–Crippen MR) is 93.3 cm³/mol. The van der Waals surface area contributed by atoms with E-state index in [9.17, 15) is 9.18 Å². The Hall–Kier alpha value is -1.38. The number of nitrogens with zero attached hydrogens (tertiary/aromatic N) is 1. The highest BCUT2D eigenvalue weighted by Crippen LogP contribution is 2.03. The van der Waals surface area contributed by atoms with E-state index in [0.29, 0.717) is 24.6 Å². The molecule has 0 aromatic heterocycles. The molecule has 0 aliphatic rings. The fourth-order valence-electron chi connectivity index (χ4n) is 1.61. The zero-order chi connectivity index (χ0) is 15.0. The van der Waals surface area contributed by atoms with E-state index in [4.69, 9.17) is 5.73 Å². The van der Waals surface area contributed by atoms with Crippen LogP contribution in [0.4, 0.5) is 4.39 Å². The molecule has 0 fully saturated rings. The maximum absolute atomic E-state index is 12.9. The highest BCUT2D eigenvalue weighted by molar-refractivity contribution is 14.0. The van der Waals surface area contributed by atoms with Gasteiger partial charge in [0.2, 0.25) is 5.91 Å². The summed E-state index contributed by atoms with van der Waals surface area (Å²) in [6.45, 7) is 4.72. The van der Waals surface area contributed by atoms with Gasteiger partial charge in [0.25, 0.3) is 0 Å². The first-order chi connectivity index (χ1) is 9.47. The van der Waals surface area contributed by atoms with Gasteiger partial charge >= 0.3 is 0 Å². The third kappa shape index (κ3) is 9.22.